The van der Waals surface area contributed by atoms with Gasteiger partial charge in [0.1, 0.15) is 11.8 Å². The fraction of sp³-hybridized carbons (Fsp3) is 0.552. The standard InChI is InChI=1S/C29H32F5N5O2/c1-15-11-38-12-17(8-21(25(38)36-15)29(32,33)34)26(40)39-13-19-20(14-39)24(19)41-23-10-18(27(2,3)35)9-22(37-23)16-4-6-28(30,31)7-5-16/h8-12,16,19-20,24H,4-7,13-14,35H2,1-3H3/t19-,20+,24?. The molecule has 3 fully saturated rings. The minimum Gasteiger partial charge on any atom is -0.474 e. The summed E-state index contributed by atoms with van der Waals surface area (Å²) in [5.74, 6) is -2.81. The first-order valence-corrected chi connectivity index (χ1v) is 13.8. The highest BCUT2D eigenvalue weighted by Gasteiger charge is 2.59. The number of carbonyl (C=O) groups is 1. The van der Waals surface area contributed by atoms with Crippen LogP contribution in [0.3, 0.4) is 0 Å². The molecule has 220 valence electrons. The van der Waals surface area contributed by atoms with Crippen molar-refractivity contribution in [2.45, 2.75) is 76.1 Å². The molecular formula is C29H32F5N5O2. The lowest BCUT2D eigenvalue weighted by atomic mass is 9.83. The monoisotopic (exact) mass is 577 g/mol. The highest BCUT2D eigenvalue weighted by molar-refractivity contribution is 5.95. The van der Waals surface area contributed by atoms with Crippen molar-refractivity contribution >= 4 is 11.6 Å². The number of nitrogens with zero attached hydrogens (tertiary/aromatic N) is 4. The van der Waals surface area contributed by atoms with E-state index >= 15 is 0 Å². The summed E-state index contributed by atoms with van der Waals surface area (Å²) >= 11 is 0. The van der Waals surface area contributed by atoms with Crippen molar-refractivity contribution in [1.82, 2.24) is 19.3 Å². The second kappa shape index (κ2) is 9.37. The zero-order chi connectivity index (χ0) is 29.5. The number of rotatable bonds is 5. The SMILES string of the molecule is Cc1cn2cc(C(=O)N3C[C@@H]4C(Oc5cc(C(C)(C)N)cc(C6CCC(F)(F)CC6)n5)[C@@H]4C3)cc(C(F)(F)F)c2n1. The highest BCUT2D eigenvalue weighted by Crippen LogP contribution is 2.49. The van der Waals surface area contributed by atoms with Crippen LogP contribution in [0, 0.1) is 18.8 Å². The van der Waals surface area contributed by atoms with E-state index in [0.29, 0.717) is 43.2 Å². The number of hydrogen-bond acceptors (Lipinski definition) is 5. The van der Waals surface area contributed by atoms with Crippen LogP contribution in [0.2, 0.25) is 0 Å². The molecule has 4 heterocycles. The van der Waals surface area contributed by atoms with Crippen LogP contribution in [0.25, 0.3) is 5.65 Å². The summed E-state index contributed by atoms with van der Waals surface area (Å²) in [5, 5.41) is 0. The number of fused-ring (bicyclic) bond motifs is 2. The van der Waals surface area contributed by atoms with Crippen LogP contribution in [-0.2, 0) is 11.7 Å². The quantitative estimate of drug-likeness (QED) is 0.394. The van der Waals surface area contributed by atoms with Gasteiger partial charge in [-0.05, 0) is 51.3 Å². The second-order valence-electron chi connectivity index (χ2n) is 12.3. The number of ether oxygens (including phenoxy) is 1. The van der Waals surface area contributed by atoms with Crippen LogP contribution in [0.1, 0.15) is 78.3 Å². The Morgan fingerprint density at radius 1 is 1.05 bits per heavy atom. The Hall–Kier alpha value is -3.28. The molecule has 1 unspecified atom stereocenters. The van der Waals surface area contributed by atoms with Gasteiger partial charge in [-0.15, -0.1) is 0 Å². The number of nitrogens with two attached hydrogens (primary N) is 1. The molecule has 0 spiro atoms. The smallest absolute Gasteiger partial charge is 0.420 e. The lowest BCUT2D eigenvalue weighted by molar-refractivity contribution is -0.136. The van der Waals surface area contributed by atoms with Crippen molar-refractivity contribution < 1.29 is 31.5 Å². The zero-order valence-electron chi connectivity index (χ0n) is 23.0. The van der Waals surface area contributed by atoms with Crippen molar-refractivity contribution in [3.63, 3.8) is 0 Å². The minimum atomic E-state index is -4.65. The molecule has 1 aliphatic heterocycles. The van der Waals surface area contributed by atoms with E-state index in [-0.39, 0.29) is 47.9 Å². The van der Waals surface area contributed by atoms with Crippen LogP contribution in [0.5, 0.6) is 5.88 Å². The van der Waals surface area contributed by atoms with Gasteiger partial charge in [0, 0.05) is 73.4 Å². The number of hydrogen-bond donors (Lipinski definition) is 1. The second-order valence-corrected chi connectivity index (χ2v) is 12.3. The molecule has 6 rings (SSSR count). The van der Waals surface area contributed by atoms with Gasteiger partial charge in [0.2, 0.25) is 11.8 Å². The zero-order valence-corrected chi connectivity index (χ0v) is 23.0. The Kier molecular flexibility index (Phi) is 6.37. The minimum absolute atomic E-state index is 0.0217. The Morgan fingerprint density at radius 3 is 2.32 bits per heavy atom. The average molecular weight is 578 g/mol. The maximum atomic E-state index is 13.7. The number of aryl methyl sites for hydroxylation is 1. The summed E-state index contributed by atoms with van der Waals surface area (Å²) in [6.07, 6.45) is -1.70. The van der Waals surface area contributed by atoms with E-state index < -0.39 is 29.1 Å². The van der Waals surface area contributed by atoms with Gasteiger partial charge < -0.3 is 19.8 Å². The Balaban J connectivity index is 1.16. The number of piperidine rings is 1. The van der Waals surface area contributed by atoms with Gasteiger partial charge in [0.25, 0.3) is 5.91 Å². The molecule has 0 aromatic carbocycles. The first kappa shape index (κ1) is 27.9. The highest BCUT2D eigenvalue weighted by atomic mass is 19.4. The Morgan fingerprint density at radius 2 is 1.71 bits per heavy atom. The molecule has 41 heavy (non-hydrogen) atoms. The third-order valence-corrected chi connectivity index (χ3v) is 8.58. The molecule has 3 atom stereocenters. The summed E-state index contributed by atoms with van der Waals surface area (Å²) in [6, 6.07) is 4.52. The molecule has 3 aromatic rings. The van der Waals surface area contributed by atoms with Crippen molar-refractivity contribution in [2.24, 2.45) is 17.6 Å². The lowest BCUT2D eigenvalue weighted by Crippen LogP contribution is -2.34. The molecule has 0 radical (unpaired) electrons. The number of carbonyl (C=O) groups excluding carboxylic acids is 1. The van der Waals surface area contributed by atoms with Gasteiger partial charge in [-0.3, -0.25) is 4.79 Å². The number of imidazole rings is 1. The number of aromatic nitrogens is 3. The summed E-state index contributed by atoms with van der Waals surface area (Å²) in [6.45, 7) is 6.00. The van der Waals surface area contributed by atoms with E-state index in [1.54, 1.807) is 17.9 Å². The van der Waals surface area contributed by atoms with E-state index in [1.807, 2.05) is 19.9 Å². The van der Waals surface area contributed by atoms with E-state index in [4.69, 9.17) is 10.5 Å². The molecule has 7 nitrogen and oxygen atoms in total. The lowest BCUT2D eigenvalue weighted by Gasteiger charge is -2.29. The maximum Gasteiger partial charge on any atom is 0.420 e. The summed E-state index contributed by atoms with van der Waals surface area (Å²) < 4.78 is 76.1. The number of halogens is 5. The van der Waals surface area contributed by atoms with Gasteiger partial charge in [-0.2, -0.15) is 13.2 Å². The van der Waals surface area contributed by atoms with Crippen LogP contribution in [0.15, 0.2) is 30.6 Å². The number of amides is 1. The Labute approximate surface area is 233 Å². The van der Waals surface area contributed by atoms with E-state index in [2.05, 4.69) is 9.97 Å². The van der Waals surface area contributed by atoms with Crippen LogP contribution >= 0.6 is 0 Å². The number of alkyl halides is 5. The third kappa shape index (κ3) is 5.38. The molecule has 3 aromatic heterocycles. The van der Waals surface area contributed by atoms with Crippen molar-refractivity contribution in [3.05, 3.63) is 58.7 Å². The van der Waals surface area contributed by atoms with Crippen LogP contribution in [-0.4, -0.2) is 50.3 Å². The fourth-order valence-electron chi connectivity index (χ4n) is 6.18. The first-order chi connectivity index (χ1) is 19.1. The Bertz CT molecular complexity index is 1490. The van der Waals surface area contributed by atoms with Crippen molar-refractivity contribution in [2.75, 3.05) is 13.1 Å². The molecule has 1 saturated heterocycles. The molecule has 2 aliphatic carbocycles. The average Bonchev–Trinajstić information content (AvgIpc) is 3.18. The molecular weight excluding hydrogens is 545 g/mol. The van der Waals surface area contributed by atoms with Crippen LogP contribution < -0.4 is 10.5 Å². The molecule has 12 heteroatoms. The van der Waals surface area contributed by atoms with Crippen molar-refractivity contribution in [1.29, 1.82) is 0 Å². The summed E-state index contributed by atoms with van der Waals surface area (Å²) in [5.41, 5.74) is 6.34. The topological polar surface area (TPSA) is 85.8 Å². The van der Waals surface area contributed by atoms with E-state index in [0.717, 1.165) is 11.6 Å². The van der Waals surface area contributed by atoms with Gasteiger partial charge in [0.15, 0.2) is 0 Å². The van der Waals surface area contributed by atoms with Gasteiger partial charge in [0.05, 0.1) is 16.8 Å². The molecule has 2 N–H and O–H groups in total. The van der Waals surface area contributed by atoms with Crippen molar-refractivity contribution in [3.8, 4) is 5.88 Å². The summed E-state index contributed by atoms with van der Waals surface area (Å²) in [7, 11) is 0. The normalized spacial score (nSPS) is 24.5. The maximum absolute atomic E-state index is 13.7. The molecule has 3 aliphatic rings. The van der Waals surface area contributed by atoms with Gasteiger partial charge >= 0.3 is 6.18 Å². The third-order valence-electron chi connectivity index (χ3n) is 8.58. The first-order valence-electron chi connectivity index (χ1n) is 13.8. The summed E-state index contributed by atoms with van der Waals surface area (Å²) in [4.78, 5) is 23.4. The largest absolute Gasteiger partial charge is 0.474 e. The van der Waals surface area contributed by atoms with E-state index in [9.17, 15) is 26.7 Å². The van der Waals surface area contributed by atoms with Gasteiger partial charge in [-0.1, -0.05) is 0 Å². The van der Waals surface area contributed by atoms with Gasteiger partial charge in [-0.25, -0.2) is 18.7 Å². The molecule has 2 saturated carbocycles. The number of pyridine rings is 2. The molecule has 0 bridgehead atoms. The predicted octanol–water partition coefficient (Wildman–Crippen LogP) is 5.69. The fourth-order valence-corrected chi connectivity index (χ4v) is 6.18. The van der Waals surface area contributed by atoms with Crippen LogP contribution in [0.4, 0.5) is 22.0 Å². The van der Waals surface area contributed by atoms with E-state index in [1.165, 1.54) is 16.8 Å². The predicted molar refractivity (Wildman–Crippen MR) is 140 cm³/mol. The molecule has 1 amide bonds. The number of likely N-dealkylation sites (tertiary alicyclic amines) is 1.